The van der Waals surface area contributed by atoms with E-state index in [4.69, 9.17) is 5.26 Å². The van der Waals surface area contributed by atoms with Gasteiger partial charge in [0.25, 0.3) is 0 Å². The number of hydrogen-bond acceptors (Lipinski definition) is 2. The standard InChI is InChI=1S/C14H14N2/c1-10-6-14(7-11(2)16-10)13-5-3-4-12(8-13)9-15/h5-8H,3-4H2,1-2H3. The van der Waals surface area contributed by atoms with Gasteiger partial charge in [-0.05, 0) is 56.0 Å². The van der Waals surface area contributed by atoms with E-state index in [1.54, 1.807) is 0 Å². The highest BCUT2D eigenvalue weighted by Gasteiger charge is 2.07. The zero-order valence-electron chi connectivity index (χ0n) is 9.62. The Bertz CT molecular complexity index is 496. The van der Waals surface area contributed by atoms with Crippen molar-refractivity contribution < 1.29 is 0 Å². The zero-order valence-corrected chi connectivity index (χ0v) is 9.62. The smallest absolute Gasteiger partial charge is 0.0947 e. The first-order valence-corrected chi connectivity index (χ1v) is 5.45. The monoisotopic (exact) mass is 210 g/mol. The van der Waals surface area contributed by atoms with E-state index in [-0.39, 0.29) is 0 Å². The quantitative estimate of drug-likeness (QED) is 0.713. The molecular weight excluding hydrogens is 196 g/mol. The first-order valence-electron chi connectivity index (χ1n) is 5.45. The fourth-order valence-electron chi connectivity index (χ4n) is 1.99. The molecule has 0 N–H and O–H groups in total. The summed E-state index contributed by atoms with van der Waals surface area (Å²) in [6, 6.07) is 6.37. The van der Waals surface area contributed by atoms with Gasteiger partial charge in [-0.15, -0.1) is 0 Å². The summed E-state index contributed by atoms with van der Waals surface area (Å²) < 4.78 is 0. The Balaban J connectivity index is 2.42. The summed E-state index contributed by atoms with van der Waals surface area (Å²) in [6.45, 7) is 3.99. The minimum Gasteiger partial charge on any atom is -0.258 e. The molecule has 2 nitrogen and oxygen atoms in total. The van der Waals surface area contributed by atoms with Crippen LogP contribution in [0.15, 0.2) is 29.9 Å². The summed E-state index contributed by atoms with van der Waals surface area (Å²) in [4.78, 5) is 4.36. The second kappa shape index (κ2) is 4.32. The van der Waals surface area contributed by atoms with E-state index in [9.17, 15) is 0 Å². The lowest BCUT2D eigenvalue weighted by atomic mass is 9.95. The van der Waals surface area contributed by atoms with Crippen LogP contribution in [0.2, 0.25) is 0 Å². The highest BCUT2D eigenvalue weighted by molar-refractivity contribution is 5.76. The van der Waals surface area contributed by atoms with E-state index in [1.807, 2.05) is 19.9 Å². The summed E-state index contributed by atoms with van der Waals surface area (Å²) in [7, 11) is 0. The topological polar surface area (TPSA) is 36.7 Å². The van der Waals surface area contributed by atoms with Gasteiger partial charge in [0.1, 0.15) is 0 Å². The van der Waals surface area contributed by atoms with Crippen molar-refractivity contribution in [2.75, 3.05) is 0 Å². The molecule has 0 radical (unpaired) electrons. The third-order valence-corrected chi connectivity index (χ3v) is 2.67. The molecule has 1 aromatic heterocycles. The summed E-state index contributed by atoms with van der Waals surface area (Å²) in [6.07, 6.45) is 5.99. The Morgan fingerprint density at radius 2 is 1.94 bits per heavy atom. The summed E-state index contributed by atoms with van der Waals surface area (Å²) in [5.41, 5.74) is 5.22. The van der Waals surface area contributed by atoms with Crippen LogP contribution in [0.5, 0.6) is 0 Å². The van der Waals surface area contributed by atoms with Gasteiger partial charge >= 0.3 is 0 Å². The van der Waals surface area contributed by atoms with Crippen molar-refractivity contribution in [3.63, 3.8) is 0 Å². The van der Waals surface area contributed by atoms with Gasteiger partial charge in [-0.25, -0.2) is 0 Å². The molecule has 16 heavy (non-hydrogen) atoms. The lowest BCUT2D eigenvalue weighted by molar-refractivity contribution is 0.997. The van der Waals surface area contributed by atoms with Crippen molar-refractivity contribution >= 4 is 5.57 Å². The Morgan fingerprint density at radius 1 is 1.25 bits per heavy atom. The van der Waals surface area contributed by atoms with Crippen LogP contribution in [0.25, 0.3) is 5.57 Å². The van der Waals surface area contributed by atoms with E-state index in [0.717, 1.165) is 40.9 Å². The SMILES string of the molecule is Cc1cc(C2=CCCC(C#N)=C2)cc(C)n1. The molecule has 0 saturated heterocycles. The molecule has 0 bridgehead atoms. The number of rotatable bonds is 1. The molecule has 0 saturated carbocycles. The van der Waals surface area contributed by atoms with Crippen molar-refractivity contribution in [3.05, 3.63) is 46.8 Å². The summed E-state index contributed by atoms with van der Waals surface area (Å²) in [5, 5.41) is 8.91. The Kier molecular flexibility index (Phi) is 2.87. The molecular formula is C14H14N2. The molecule has 1 aromatic rings. The van der Waals surface area contributed by atoms with E-state index < -0.39 is 0 Å². The first kappa shape index (κ1) is 10.6. The molecule has 1 aliphatic rings. The number of nitrogens with zero attached hydrogens (tertiary/aromatic N) is 2. The molecule has 0 spiro atoms. The van der Waals surface area contributed by atoms with Crippen LogP contribution >= 0.6 is 0 Å². The minimum atomic E-state index is 0.864. The molecule has 2 heteroatoms. The van der Waals surface area contributed by atoms with Crippen LogP contribution in [0.1, 0.15) is 29.8 Å². The molecule has 2 rings (SSSR count). The van der Waals surface area contributed by atoms with E-state index in [0.29, 0.717) is 0 Å². The van der Waals surface area contributed by atoms with Crippen molar-refractivity contribution in [1.29, 1.82) is 5.26 Å². The molecule has 0 amide bonds. The molecule has 1 aliphatic carbocycles. The molecule has 0 atom stereocenters. The third-order valence-electron chi connectivity index (χ3n) is 2.67. The predicted octanol–water partition coefficient (Wildman–Crippen LogP) is 3.33. The number of pyridine rings is 1. The van der Waals surface area contributed by atoms with Crippen molar-refractivity contribution in [1.82, 2.24) is 4.98 Å². The van der Waals surface area contributed by atoms with Gasteiger partial charge in [-0.3, -0.25) is 4.98 Å². The van der Waals surface area contributed by atoms with Crippen LogP contribution < -0.4 is 0 Å². The van der Waals surface area contributed by atoms with Crippen LogP contribution in [-0.4, -0.2) is 4.98 Å². The largest absolute Gasteiger partial charge is 0.258 e. The fraction of sp³-hybridized carbons (Fsp3) is 0.286. The van der Waals surface area contributed by atoms with Crippen molar-refractivity contribution in [2.45, 2.75) is 26.7 Å². The number of allylic oxidation sites excluding steroid dienone is 4. The molecule has 0 unspecified atom stereocenters. The minimum absolute atomic E-state index is 0.864. The number of hydrogen-bond donors (Lipinski definition) is 0. The van der Waals surface area contributed by atoms with Crippen molar-refractivity contribution in [3.8, 4) is 6.07 Å². The normalized spacial score (nSPS) is 15.1. The van der Waals surface area contributed by atoms with Gasteiger partial charge in [0.15, 0.2) is 0 Å². The Labute approximate surface area is 95.9 Å². The van der Waals surface area contributed by atoms with Crippen LogP contribution in [-0.2, 0) is 0 Å². The van der Waals surface area contributed by atoms with Crippen LogP contribution in [0.4, 0.5) is 0 Å². The average Bonchev–Trinajstić information content (AvgIpc) is 2.28. The molecule has 0 fully saturated rings. The second-order valence-electron chi connectivity index (χ2n) is 4.12. The van der Waals surface area contributed by atoms with E-state index in [1.165, 1.54) is 0 Å². The zero-order chi connectivity index (χ0) is 11.5. The average molecular weight is 210 g/mol. The third kappa shape index (κ3) is 2.20. The lowest BCUT2D eigenvalue weighted by Crippen LogP contribution is -1.94. The number of aromatic nitrogens is 1. The van der Waals surface area contributed by atoms with Gasteiger partial charge in [0, 0.05) is 17.0 Å². The highest BCUT2D eigenvalue weighted by atomic mass is 14.7. The van der Waals surface area contributed by atoms with E-state index in [2.05, 4.69) is 29.3 Å². The maximum atomic E-state index is 8.91. The number of aryl methyl sites for hydroxylation is 2. The molecule has 0 aromatic carbocycles. The fourth-order valence-corrected chi connectivity index (χ4v) is 1.99. The Hall–Kier alpha value is -1.88. The molecule has 0 aliphatic heterocycles. The van der Waals surface area contributed by atoms with Crippen LogP contribution in [0, 0.1) is 25.2 Å². The molecule has 1 heterocycles. The van der Waals surface area contributed by atoms with Crippen LogP contribution in [0.3, 0.4) is 0 Å². The maximum absolute atomic E-state index is 8.91. The maximum Gasteiger partial charge on any atom is 0.0947 e. The highest BCUT2D eigenvalue weighted by Crippen LogP contribution is 2.25. The second-order valence-corrected chi connectivity index (χ2v) is 4.12. The van der Waals surface area contributed by atoms with Gasteiger partial charge < -0.3 is 0 Å². The van der Waals surface area contributed by atoms with Crippen molar-refractivity contribution in [2.24, 2.45) is 0 Å². The van der Waals surface area contributed by atoms with Gasteiger partial charge in [-0.1, -0.05) is 6.08 Å². The van der Waals surface area contributed by atoms with Gasteiger partial charge in [-0.2, -0.15) is 5.26 Å². The first-order chi connectivity index (χ1) is 7.69. The van der Waals surface area contributed by atoms with E-state index >= 15 is 0 Å². The molecule has 80 valence electrons. The number of nitriles is 1. The lowest BCUT2D eigenvalue weighted by Gasteiger charge is -2.10. The summed E-state index contributed by atoms with van der Waals surface area (Å²) in [5.74, 6) is 0. The Morgan fingerprint density at radius 3 is 2.56 bits per heavy atom. The predicted molar refractivity (Wildman–Crippen MR) is 64.6 cm³/mol. The van der Waals surface area contributed by atoms with Gasteiger partial charge in [0.05, 0.1) is 6.07 Å². The van der Waals surface area contributed by atoms with Gasteiger partial charge in [0.2, 0.25) is 0 Å². The summed E-state index contributed by atoms with van der Waals surface area (Å²) >= 11 is 0.